The Kier molecular flexibility index (Phi) is 5.88. The zero-order valence-corrected chi connectivity index (χ0v) is 17.0. The van der Waals surface area contributed by atoms with Crippen LogP contribution in [0.25, 0.3) is 0 Å². The summed E-state index contributed by atoms with van der Waals surface area (Å²) < 4.78 is 5.42. The standard InChI is InChI=1S/C23H27N3O4/c27-20(11-6-14-26-21(28)23(24-22(26)29)12-4-5-13-23)25(17-19-10-7-15-30-19)16-18-8-2-1-3-9-18/h1-3,7-10,15H,4-6,11-14,16-17H2,(H,24,29). The lowest BCUT2D eigenvalue weighted by Gasteiger charge is -2.23. The molecule has 7 nitrogen and oxygen atoms in total. The molecular formula is C23H27N3O4. The summed E-state index contributed by atoms with van der Waals surface area (Å²) in [6, 6.07) is 13.1. The predicted octanol–water partition coefficient (Wildman–Crippen LogP) is 3.45. The lowest BCUT2D eigenvalue weighted by Crippen LogP contribution is -2.44. The first-order valence-corrected chi connectivity index (χ1v) is 10.6. The molecule has 4 rings (SSSR count). The minimum absolute atomic E-state index is 0.0297. The van der Waals surface area contributed by atoms with Crippen molar-refractivity contribution in [2.24, 2.45) is 0 Å². The molecule has 1 aliphatic carbocycles. The molecular weight excluding hydrogens is 382 g/mol. The second-order valence-electron chi connectivity index (χ2n) is 8.09. The van der Waals surface area contributed by atoms with Crippen LogP contribution in [0.3, 0.4) is 0 Å². The van der Waals surface area contributed by atoms with E-state index in [1.807, 2.05) is 36.4 Å². The number of hydrogen-bond donors (Lipinski definition) is 1. The highest BCUT2D eigenvalue weighted by molar-refractivity contribution is 6.07. The molecule has 1 saturated heterocycles. The molecule has 30 heavy (non-hydrogen) atoms. The van der Waals surface area contributed by atoms with Crippen LogP contribution in [-0.4, -0.2) is 39.7 Å². The van der Waals surface area contributed by atoms with Crippen LogP contribution in [0, 0.1) is 0 Å². The fourth-order valence-corrected chi connectivity index (χ4v) is 4.37. The van der Waals surface area contributed by atoms with Crippen LogP contribution in [0.5, 0.6) is 0 Å². The maximum atomic E-state index is 12.9. The quantitative estimate of drug-likeness (QED) is 0.677. The van der Waals surface area contributed by atoms with E-state index in [1.54, 1.807) is 17.2 Å². The average molecular weight is 409 g/mol. The molecule has 4 amide bonds. The summed E-state index contributed by atoms with van der Waals surface area (Å²) in [4.78, 5) is 41.0. The van der Waals surface area contributed by atoms with Gasteiger partial charge in [0, 0.05) is 19.5 Å². The fraction of sp³-hybridized carbons (Fsp3) is 0.435. The number of hydrogen-bond acceptors (Lipinski definition) is 4. The van der Waals surface area contributed by atoms with Gasteiger partial charge in [-0.1, -0.05) is 43.2 Å². The van der Waals surface area contributed by atoms with Gasteiger partial charge in [-0.3, -0.25) is 14.5 Å². The van der Waals surface area contributed by atoms with Crippen molar-refractivity contribution >= 4 is 17.8 Å². The lowest BCUT2D eigenvalue weighted by atomic mass is 9.98. The van der Waals surface area contributed by atoms with E-state index in [0.29, 0.717) is 32.4 Å². The molecule has 158 valence electrons. The Morgan fingerprint density at radius 3 is 2.53 bits per heavy atom. The van der Waals surface area contributed by atoms with Crippen LogP contribution < -0.4 is 5.32 Å². The van der Waals surface area contributed by atoms with E-state index in [2.05, 4.69) is 5.32 Å². The lowest BCUT2D eigenvalue weighted by molar-refractivity contribution is -0.134. The number of nitrogens with zero attached hydrogens (tertiary/aromatic N) is 2. The Morgan fingerprint density at radius 1 is 1.07 bits per heavy atom. The number of carbonyl (C=O) groups is 3. The molecule has 7 heteroatoms. The highest BCUT2D eigenvalue weighted by Gasteiger charge is 2.52. The van der Waals surface area contributed by atoms with Crippen molar-refractivity contribution in [2.45, 2.75) is 57.2 Å². The first kappa shape index (κ1) is 20.2. The third kappa shape index (κ3) is 4.25. The van der Waals surface area contributed by atoms with Gasteiger partial charge >= 0.3 is 6.03 Å². The first-order valence-electron chi connectivity index (χ1n) is 10.6. The van der Waals surface area contributed by atoms with Crippen LogP contribution in [-0.2, 0) is 22.7 Å². The van der Waals surface area contributed by atoms with Gasteiger partial charge in [0.05, 0.1) is 12.8 Å². The molecule has 1 spiro atoms. The maximum absolute atomic E-state index is 12.9. The minimum atomic E-state index is -0.695. The Labute approximate surface area is 176 Å². The van der Waals surface area contributed by atoms with Gasteiger partial charge in [-0.15, -0.1) is 0 Å². The van der Waals surface area contributed by atoms with E-state index in [1.165, 1.54) is 4.90 Å². The molecule has 1 aliphatic heterocycles. The SMILES string of the molecule is O=C(CCCN1C(=O)NC2(CCCC2)C1=O)N(Cc1ccccc1)Cc1ccco1. The number of furan rings is 1. The molecule has 0 atom stereocenters. The topological polar surface area (TPSA) is 82.9 Å². The Balaban J connectivity index is 1.35. The number of carbonyl (C=O) groups excluding carboxylic acids is 3. The number of amides is 4. The minimum Gasteiger partial charge on any atom is -0.467 e. The normalized spacial score (nSPS) is 17.5. The number of benzene rings is 1. The molecule has 0 bridgehead atoms. The van der Waals surface area contributed by atoms with Crippen molar-refractivity contribution in [3.63, 3.8) is 0 Å². The summed E-state index contributed by atoms with van der Waals surface area (Å²) in [6.45, 7) is 1.12. The van der Waals surface area contributed by atoms with Crippen LogP contribution in [0.2, 0.25) is 0 Å². The first-order chi connectivity index (χ1) is 14.6. The van der Waals surface area contributed by atoms with Crippen molar-refractivity contribution in [3.8, 4) is 0 Å². The fourth-order valence-electron chi connectivity index (χ4n) is 4.37. The van der Waals surface area contributed by atoms with Gasteiger partial charge in [-0.2, -0.15) is 0 Å². The second kappa shape index (κ2) is 8.73. The molecule has 2 aliphatic rings. The van der Waals surface area contributed by atoms with E-state index >= 15 is 0 Å². The molecule has 1 N–H and O–H groups in total. The molecule has 2 heterocycles. The van der Waals surface area contributed by atoms with Gasteiger partial charge in [-0.05, 0) is 37.0 Å². The van der Waals surface area contributed by atoms with E-state index in [9.17, 15) is 14.4 Å². The van der Waals surface area contributed by atoms with E-state index in [-0.39, 0.29) is 30.8 Å². The van der Waals surface area contributed by atoms with Gasteiger partial charge < -0.3 is 14.6 Å². The highest BCUT2D eigenvalue weighted by atomic mass is 16.3. The van der Waals surface area contributed by atoms with E-state index in [4.69, 9.17) is 4.42 Å². The van der Waals surface area contributed by atoms with E-state index in [0.717, 1.165) is 24.2 Å². The summed E-state index contributed by atoms with van der Waals surface area (Å²) in [6.07, 6.45) is 5.63. The molecule has 2 fully saturated rings. The summed E-state index contributed by atoms with van der Waals surface area (Å²) in [5.41, 5.74) is 0.342. The monoisotopic (exact) mass is 409 g/mol. The van der Waals surface area contributed by atoms with Crippen LogP contribution in [0.4, 0.5) is 4.79 Å². The zero-order valence-electron chi connectivity index (χ0n) is 17.0. The average Bonchev–Trinajstić information content (AvgIpc) is 3.47. The van der Waals surface area contributed by atoms with Crippen LogP contribution in [0.1, 0.15) is 49.8 Å². The van der Waals surface area contributed by atoms with Crippen molar-refractivity contribution in [1.82, 2.24) is 15.1 Å². The van der Waals surface area contributed by atoms with Crippen molar-refractivity contribution < 1.29 is 18.8 Å². The van der Waals surface area contributed by atoms with Gasteiger partial charge in [-0.25, -0.2) is 4.79 Å². The Hall–Kier alpha value is -3.09. The summed E-state index contributed by atoms with van der Waals surface area (Å²) >= 11 is 0. The van der Waals surface area contributed by atoms with Gasteiger partial charge in [0.2, 0.25) is 5.91 Å². The molecule has 1 aromatic carbocycles. The molecule has 0 radical (unpaired) electrons. The van der Waals surface area contributed by atoms with Gasteiger partial charge in [0.15, 0.2) is 0 Å². The Bertz CT molecular complexity index is 888. The third-order valence-corrected chi connectivity index (χ3v) is 5.97. The second-order valence-corrected chi connectivity index (χ2v) is 8.09. The van der Waals surface area contributed by atoms with Crippen molar-refractivity contribution in [3.05, 3.63) is 60.1 Å². The molecule has 0 unspecified atom stereocenters. The number of imide groups is 1. The molecule has 1 aromatic heterocycles. The predicted molar refractivity (Wildman–Crippen MR) is 110 cm³/mol. The summed E-state index contributed by atoms with van der Waals surface area (Å²) in [5, 5.41) is 2.88. The van der Waals surface area contributed by atoms with Crippen molar-refractivity contribution in [1.29, 1.82) is 0 Å². The smallest absolute Gasteiger partial charge is 0.325 e. The van der Waals surface area contributed by atoms with Crippen LogP contribution in [0.15, 0.2) is 53.1 Å². The third-order valence-electron chi connectivity index (χ3n) is 5.97. The van der Waals surface area contributed by atoms with E-state index < -0.39 is 5.54 Å². The highest BCUT2D eigenvalue weighted by Crippen LogP contribution is 2.35. The largest absolute Gasteiger partial charge is 0.467 e. The number of urea groups is 1. The van der Waals surface area contributed by atoms with Crippen molar-refractivity contribution in [2.75, 3.05) is 6.54 Å². The zero-order chi connectivity index (χ0) is 21.0. The van der Waals surface area contributed by atoms with Crippen LogP contribution >= 0.6 is 0 Å². The summed E-state index contributed by atoms with van der Waals surface area (Å²) in [5.74, 6) is 0.559. The molecule has 1 saturated carbocycles. The van der Waals surface area contributed by atoms with Gasteiger partial charge in [0.25, 0.3) is 5.91 Å². The van der Waals surface area contributed by atoms with Gasteiger partial charge in [0.1, 0.15) is 11.3 Å². The Morgan fingerprint density at radius 2 is 1.83 bits per heavy atom. The molecule has 2 aromatic rings. The summed E-state index contributed by atoms with van der Waals surface area (Å²) in [7, 11) is 0. The number of rotatable bonds is 8. The maximum Gasteiger partial charge on any atom is 0.325 e. The number of nitrogens with one attached hydrogen (secondary N) is 1.